The lowest BCUT2D eigenvalue weighted by Crippen LogP contribution is -2.51. The highest BCUT2D eigenvalue weighted by molar-refractivity contribution is 7.15. The van der Waals surface area contributed by atoms with E-state index in [-0.39, 0.29) is 11.3 Å². The largest absolute Gasteiger partial charge is 0.497 e. The molecule has 4 aliphatic rings. The van der Waals surface area contributed by atoms with E-state index in [1.165, 1.54) is 30.6 Å². The summed E-state index contributed by atoms with van der Waals surface area (Å²) in [5.41, 5.74) is 1.82. The lowest BCUT2D eigenvalue weighted by Gasteiger charge is -2.55. The summed E-state index contributed by atoms with van der Waals surface area (Å²) in [6.07, 6.45) is 7.13. The summed E-state index contributed by atoms with van der Waals surface area (Å²) in [5.74, 6) is 3.61. The molecular formula is C22H24N4O2S. The first kappa shape index (κ1) is 17.4. The van der Waals surface area contributed by atoms with E-state index in [9.17, 15) is 4.79 Å². The summed E-state index contributed by atoms with van der Waals surface area (Å²) in [5, 5.41) is 9.73. The monoisotopic (exact) mass is 408 g/mol. The van der Waals surface area contributed by atoms with Crippen molar-refractivity contribution in [2.45, 2.75) is 38.5 Å². The number of anilines is 1. The number of hydrogen-bond acceptors (Lipinski definition) is 5. The molecular weight excluding hydrogens is 384 g/mol. The summed E-state index contributed by atoms with van der Waals surface area (Å²) in [6.45, 7) is 0. The Morgan fingerprint density at radius 2 is 1.79 bits per heavy atom. The fraction of sp³-hybridized carbons (Fsp3) is 0.500. The van der Waals surface area contributed by atoms with E-state index in [1.54, 1.807) is 7.11 Å². The number of benzene rings is 1. The molecule has 29 heavy (non-hydrogen) atoms. The van der Waals surface area contributed by atoms with Gasteiger partial charge in [0.15, 0.2) is 0 Å². The van der Waals surface area contributed by atoms with Gasteiger partial charge in [0, 0.05) is 10.9 Å². The number of carbonyl (C=O) groups is 1. The predicted octanol–water partition coefficient (Wildman–Crippen LogP) is 4.62. The summed E-state index contributed by atoms with van der Waals surface area (Å²) in [6, 6.07) is 7.89. The number of carbonyl (C=O) groups excluding carboxylic acids is 1. The van der Waals surface area contributed by atoms with Crippen LogP contribution in [0.1, 0.15) is 38.5 Å². The van der Waals surface area contributed by atoms with Crippen LogP contribution in [0, 0.1) is 23.2 Å². The van der Waals surface area contributed by atoms with Gasteiger partial charge in [-0.2, -0.15) is 4.98 Å². The molecule has 1 aromatic carbocycles. The smallest absolute Gasteiger partial charge is 0.250 e. The molecule has 7 rings (SSSR count). The SMILES string of the molecule is COc1ccc(-c2csc3nc(NC(=O)C45CC6CC(CC(C6)C4)C5)nn23)cc1. The molecule has 2 heterocycles. The van der Waals surface area contributed by atoms with Gasteiger partial charge in [-0.1, -0.05) is 0 Å². The lowest BCUT2D eigenvalue weighted by atomic mass is 9.49. The molecule has 1 N–H and O–H groups in total. The van der Waals surface area contributed by atoms with Crippen molar-refractivity contribution in [2.75, 3.05) is 12.4 Å². The highest BCUT2D eigenvalue weighted by Gasteiger charge is 2.54. The minimum atomic E-state index is -0.188. The van der Waals surface area contributed by atoms with Gasteiger partial charge in [0.05, 0.1) is 18.2 Å². The Kier molecular flexibility index (Phi) is 3.79. The number of hydrogen-bond donors (Lipinski definition) is 1. The summed E-state index contributed by atoms with van der Waals surface area (Å²) in [4.78, 5) is 18.6. The van der Waals surface area contributed by atoms with Crippen LogP contribution in [0.2, 0.25) is 0 Å². The van der Waals surface area contributed by atoms with Crippen LogP contribution in [0.25, 0.3) is 16.2 Å². The fourth-order valence-corrected chi connectivity index (χ4v) is 7.15. The highest BCUT2D eigenvalue weighted by Crippen LogP contribution is 2.60. The average Bonchev–Trinajstić information content (AvgIpc) is 3.27. The van der Waals surface area contributed by atoms with Crippen molar-refractivity contribution in [1.29, 1.82) is 0 Å². The van der Waals surface area contributed by atoms with Crippen LogP contribution in [-0.4, -0.2) is 27.6 Å². The van der Waals surface area contributed by atoms with Crippen molar-refractivity contribution in [3.05, 3.63) is 29.6 Å². The van der Waals surface area contributed by atoms with Crippen LogP contribution in [0.4, 0.5) is 5.95 Å². The van der Waals surface area contributed by atoms with Crippen LogP contribution < -0.4 is 10.1 Å². The molecule has 4 saturated carbocycles. The Labute approximate surface area is 173 Å². The van der Waals surface area contributed by atoms with Crippen molar-refractivity contribution in [3.8, 4) is 17.0 Å². The van der Waals surface area contributed by atoms with Crippen molar-refractivity contribution < 1.29 is 9.53 Å². The number of aromatic nitrogens is 3. The Morgan fingerprint density at radius 3 is 2.41 bits per heavy atom. The van der Waals surface area contributed by atoms with E-state index in [2.05, 4.69) is 15.4 Å². The van der Waals surface area contributed by atoms with Crippen LogP contribution in [0.15, 0.2) is 29.6 Å². The molecule has 0 saturated heterocycles. The second-order valence-corrected chi connectivity index (χ2v) is 9.97. The molecule has 0 radical (unpaired) electrons. The lowest BCUT2D eigenvalue weighted by molar-refractivity contribution is -0.140. The molecule has 2 aromatic heterocycles. The van der Waals surface area contributed by atoms with Gasteiger partial charge in [-0.3, -0.25) is 10.1 Å². The maximum Gasteiger partial charge on any atom is 0.250 e. The molecule has 1 amide bonds. The first-order valence-corrected chi connectivity index (χ1v) is 11.3. The van der Waals surface area contributed by atoms with Crippen molar-refractivity contribution in [2.24, 2.45) is 23.2 Å². The maximum atomic E-state index is 13.3. The topological polar surface area (TPSA) is 68.5 Å². The molecule has 0 spiro atoms. The predicted molar refractivity (Wildman–Crippen MR) is 112 cm³/mol. The minimum absolute atomic E-state index is 0.140. The number of thiazole rings is 1. The van der Waals surface area contributed by atoms with Crippen LogP contribution >= 0.6 is 11.3 Å². The zero-order valence-electron chi connectivity index (χ0n) is 16.4. The Bertz CT molecular complexity index is 1050. The minimum Gasteiger partial charge on any atom is -0.497 e. The number of nitrogens with one attached hydrogen (secondary N) is 1. The third kappa shape index (κ3) is 2.78. The molecule has 7 heteroatoms. The second-order valence-electron chi connectivity index (χ2n) is 9.13. The van der Waals surface area contributed by atoms with E-state index in [0.29, 0.717) is 5.95 Å². The molecule has 4 aliphatic carbocycles. The standard InChI is InChI=1S/C22H24N4O2S/c1-28-17-4-2-16(3-5-17)18-12-29-21-24-20(25-26(18)21)23-19(27)22-9-13-6-14(10-22)8-15(7-13)11-22/h2-5,12-15H,6-11H2,1H3,(H,23,25,27). The van der Waals surface area contributed by atoms with Gasteiger partial charge in [0.25, 0.3) is 0 Å². The third-order valence-corrected chi connectivity index (χ3v) is 8.03. The van der Waals surface area contributed by atoms with Crippen LogP contribution in [-0.2, 0) is 4.79 Å². The molecule has 0 unspecified atom stereocenters. The van der Waals surface area contributed by atoms with Gasteiger partial charge in [0.1, 0.15) is 5.75 Å². The number of nitrogens with zero attached hydrogens (tertiary/aromatic N) is 3. The summed E-state index contributed by atoms with van der Waals surface area (Å²) < 4.78 is 7.06. The second kappa shape index (κ2) is 6.29. The van der Waals surface area contributed by atoms with Crippen LogP contribution in [0.5, 0.6) is 5.75 Å². The van der Waals surface area contributed by atoms with Crippen molar-refractivity contribution >= 4 is 28.2 Å². The van der Waals surface area contributed by atoms with E-state index < -0.39 is 0 Å². The molecule has 4 bridgehead atoms. The van der Waals surface area contributed by atoms with Gasteiger partial charge < -0.3 is 4.74 Å². The van der Waals surface area contributed by atoms with Crippen molar-refractivity contribution in [3.63, 3.8) is 0 Å². The number of fused-ring (bicyclic) bond motifs is 1. The van der Waals surface area contributed by atoms with Gasteiger partial charge in [-0.15, -0.1) is 16.4 Å². The summed E-state index contributed by atoms with van der Waals surface area (Å²) >= 11 is 1.53. The average molecular weight is 409 g/mol. The zero-order valence-corrected chi connectivity index (χ0v) is 17.2. The fourth-order valence-electron chi connectivity index (χ4n) is 6.32. The molecule has 4 fully saturated rings. The van der Waals surface area contributed by atoms with Gasteiger partial charge in [-0.05, 0) is 80.5 Å². The Balaban J connectivity index is 1.27. The number of rotatable bonds is 4. The normalized spacial score (nSPS) is 30.0. The molecule has 0 atom stereocenters. The molecule has 6 nitrogen and oxygen atoms in total. The first-order chi connectivity index (χ1) is 14.1. The maximum absolute atomic E-state index is 13.3. The van der Waals surface area contributed by atoms with E-state index in [4.69, 9.17) is 4.74 Å². The molecule has 3 aromatic rings. The number of amides is 1. The van der Waals surface area contributed by atoms with Gasteiger partial charge in [0.2, 0.25) is 16.8 Å². The first-order valence-electron chi connectivity index (χ1n) is 10.4. The number of ether oxygens (including phenoxy) is 1. The van der Waals surface area contributed by atoms with Crippen LogP contribution in [0.3, 0.4) is 0 Å². The highest BCUT2D eigenvalue weighted by atomic mass is 32.1. The quantitative estimate of drug-likeness (QED) is 0.684. The van der Waals surface area contributed by atoms with E-state index >= 15 is 0 Å². The van der Waals surface area contributed by atoms with Crippen molar-refractivity contribution in [1.82, 2.24) is 14.6 Å². The number of methoxy groups -OCH3 is 1. The van der Waals surface area contributed by atoms with Gasteiger partial charge >= 0.3 is 0 Å². The summed E-state index contributed by atoms with van der Waals surface area (Å²) in [7, 11) is 1.66. The van der Waals surface area contributed by atoms with E-state index in [1.807, 2.05) is 34.2 Å². The van der Waals surface area contributed by atoms with Gasteiger partial charge in [-0.25, -0.2) is 4.52 Å². The van der Waals surface area contributed by atoms with E-state index in [0.717, 1.165) is 59.0 Å². The zero-order chi connectivity index (χ0) is 19.6. The third-order valence-electron chi connectivity index (χ3n) is 7.21. The Morgan fingerprint density at radius 1 is 1.14 bits per heavy atom. The Hall–Kier alpha value is -2.41. The molecule has 0 aliphatic heterocycles. The molecule has 150 valence electrons.